The molecule has 0 rings (SSSR count). The molecule has 0 amide bonds. The summed E-state index contributed by atoms with van der Waals surface area (Å²) in [6, 6.07) is 0. The fourth-order valence-electron chi connectivity index (χ4n) is 0. The van der Waals surface area contributed by atoms with E-state index in [2.05, 4.69) is 0 Å². The Kier molecular flexibility index (Phi) is 22.5. The van der Waals surface area contributed by atoms with Crippen molar-refractivity contribution in [3.8, 4) is 0 Å². The molecular weight excluding hydrogens is 658 g/mol. The summed E-state index contributed by atoms with van der Waals surface area (Å²) in [5, 5.41) is 43.9. The van der Waals surface area contributed by atoms with Crippen molar-refractivity contribution in [3.63, 3.8) is 0 Å². The van der Waals surface area contributed by atoms with Crippen molar-refractivity contribution in [2.75, 3.05) is 0 Å². The molecule has 26 heteroatoms. The number of rotatable bonds is 0. The smallest absolute Gasteiger partial charge is 0.542 e. The van der Waals surface area contributed by atoms with Crippen LogP contribution in [0.5, 0.6) is 0 Å². The zero-order chi connectivity index (χ0) is 30.4. The molecule has 0 spiro atoms. The van der Waals surface area contributed by atoms with Gasteiger partial charge in [0, 0.05) is 0 Å². The largest absolute Gasteiger partial charge is 5.00 e. The molecule has 0 aromatic carbocycles. The number of halogens is 15. The molecule has 10 nitrogen and oxygen atoms in total. The minimum atomic E-state index is -5.19. The van der Waals surface area contributed by atoms with Crippen molar-refractivity contribution in [2.24, 2.45) is 0 Å². The van der Waals surface area contributed by atoms with Gasteiger partial charge < -0.3 is 49.5 Å². The quantitative estimate of drug-likeness (QED) is 0.186. The number of carboxylic acid groups (broad SMARTS) is 5. The van der Waals surface area contributed by atoms with E-state index >= 15 is 0 Å². The van der Waals surface area contributed by atoms with Gasteiger partial charge in [-0.15, -0.1) is 0 Å². The van der Waals surface area contributed by atoms with Gasteiger partial charge in [0.25, 0.3) is 0 Å². The van der Waals surface area contributed by atoms with Crippen LogP contribution in [0.4, 0.5) is 65.9 Å². The Hall–Kier alpha value is -2.96. The first kappa shape index (κ1) is 46.4. The molecule has 0 heterocycles. The minimum absolute atomic E-state index is 0. The molecule has 0 fully saturated rings. The molecule has 0 N–H and O–H groups in total. The van der Waals surface area contributed by atoms with Crippen LogP contribution in [0.25, 0.3) is 0 Å². The van der Waals surface area contributed by atoms with Gasteiger partial charge in [-0.05, 0) is 0 Å². The molecule has 0 saturated heterocycles. The Labute approximate surface area is 199 Å². The van der Waals surface area contributed by atoms with Crippen molar-refractivity contribution in [1.29, 1.82) is 0 Å². The summed E-state index contributed by atoms with van der Waals surface area (Å²) >= 11 is 0. The van der Waals surface area contributed by atoms with Crippen LogP contribution in [0.1, 0.15) is 0 Å². The second-order valence-electron chi connectivity index (χ2n) is 3.93. The number of hydrogen-bond donors (Lipinski definition) is 0. The first-order valence-electron chi connectivity index (χ1n) is 6.13. The number of aliphatic carboxylic acids is 5. The fourth-order valence-corrected chi connectivity index (χ4v) is 0. The molecule has 0 aliphatic rings. The molecule has 0 radical (unpaired) electrons. The van der Waals surface area contributed by atoms with Crippen molar-refractivity contribution < 1.29 is 138 Å². The molecule has 0 aliphatic carbocycles. The molecule has 0 bridgehead atoms. The van der Waals surface area contributed by atoms with Gasteiger partial charge in [0.05, 0.1) is 0 Å². The molecule has 210 valence electrons. The first-order valence-corrected chi connectivity index (χ1v) is 6.13. The second kappa shape index (κ2) is 17.5. The van der Waals surface area contributed by atoms with Crippen LogP contribution >= 0.6 is 0 Å². The van der Waals surface area contributed by atoms with Gasteiger partial charge in [-0.25, -0.2) is 0 Å². The van der Waals surface area contributed by atoms with E-state index in [0.717, 1.165) is 0 Å². The van der Waals surface area contributed by atoms with E-state index in [9.17, 15) is 65.9 Å². The van der Waals surface area contributed by atoms with Crippen molar-refractivity contribution in [3.05, 3.63) is 0 Å². The van der Waals surface area contributed by atoms with E-state index in [1.165, 1.54) is 0 Å². The van der Waals surface area contributed by atoms with Crippen LogP contribution < -0.4 is 25.5 Å². The summed E-state index contributed by atoms with van der Waals surface area (Å²) in [5.41, 5.74) is 0. The van der Waals surface area contributed by atoms with Crippen LogP contribution in [-0.2, 0) is 46.4 Å². The molecule has 0 aromatic rings. The Morgan fingerprint density at radius 1 is 0.306 bits per heavy atom. The maximum Gasteiger partial charge on any atom is 5.00 e. The van der Waals surface area contributed by atoms with Crippen LogP contribution in [0.3, 0.4) is 0 Å². The van der Waals surface area contributed by atoms with Gasteiger partial charge in [-0.2, -0.15) is 65.9 Å². The van der Waals surface area contributed by atoms with Crippen LogP contribution in [0.2, 0.25) is 0 Å². The van der Waals surface area contributed by atoms with E-state index in [0.29, 0.717) is 0 Å². The topological polar surface area (TPSA) is 201 Å². The Morgan fingerprint density at radius 2 is 0.333 bits per heavy atom. The van der Waals surface area contributed by atoms with Gasteiger partial charge >= 0.3 is 53.3 Å². The number of carbonyl (C=O) groups is 5. The zero-order valence-corrected chi connectivity index (χ0v) is 17.4. The van der Waals surface area contributed by atoms with Gasteiger partial charge in [0.1, 0.15) is 29.8 Å². The van der Waals surface area contributed by atoms with Crippen LogP contribution in [-0.4, -0.2) is 60.7 Å². The van der Waals surface area contributed by atoms with E-state index in [1.807, 2.05) is 0 Å². The zero-order valence-electron chi connectivity index (χ0n) is 15.2. The minimum Gasteiger partial charge on any atom is -0.542 e. The Balaban J connectivity index is -0.0000000776. The predicted molar refractivity (Wildman–Crippen MR) is 55.3 cm³/mol. The third-order valence-corrected chi connectivity index (χ3v) is 1.16. The summed E-state index contributed by atoms with van der Waals surface area (Å²) in [6.45, 7) is 0. The summed E-state index contributed by atoms with van der Waals surface area (Å²) in [5.74, 6) is -15.0. The Bertz CT molecular complexity index is 563. The summed E-state index contributed by atoms with van der Waals surface area (Å²) in [6.07, 6.45) is -26.0. The standard InChI is InChI=1S/5C2HF3O2.Nb/c5*3-2(4,5)1(6)7;/h5*(H,6,7);/q;;;;;+5/p-5. The third kappa shape index (κ3) is 38.3. The monoisotopic (exact) mass is 658 g/mol. The first-order chi connectivity index (χ1) is 14.7. The van der Waals surface area contributed by atoms with Gasteiger partial charge in [0.15, 0.2) is 0 Å². The molecule has 0 atom stereocenters. The fraction of sp³-hybridized carbons (Fsp3) is 0.500. The van der Waals surface area contributed by atoms with E-state index in [1.54, 1.807) is 0 Å². The van der Waals surface area contributed by atoms with E-state index in [-0.39, 0.29) is 22.4 Å². The molecule has 0 unspecified atom stereocenters. The number of carbonyl (C=O) groups excluding carboxylic acids is 5. The number of alkyl halides is 15. The SMILES string of the molecule is O=C([O-])C(F)(F)F.O=C([O-])C(F)(F)F.O=C([O-])C(F)(F)F.O=C([O-])C(F)(F)F.O=C([O-])C(F)(F)F.[Nb+5]. The summed E-state index contributed by atoms with van der Waals surface area (Å²) in [4.78, 5) is 43.9. The molecule has 0 saturated carbocycles. The van der Waals surface area contributed by atoms with E-state index in [4.69, 9.17) is 49.5 Å². The summed E-state index contributed by atoms with van der Waals surface area (Å²) < 4.78 is 158. The maximum atomic E-state index is 10.5. The predicted octanol–water partition coefficient (Wildman–Crippen LogP) is -3.51. The number of carboxylic acids is 5. The molecular formula is C10F15NbO10. The van der Waals surface area contributed by atoms with Crippen molar-refractivity contribution in [2.45, 2.75) is 30.9 Å². The summed E-state index contributed by atoms with van der Waals surface area (Å²) in [7, 11) is 0. The van der Waals surface area contributed by atoms with Gasteiger partial charge in [0.2, 0.25) is 0 Å². The third-order valence-electron chi connectivity index (χ3n) is 1.16. The van der Waals surface area contributed by atoms with E-state index < -0.39 is 60.7 Å². The molecule has 36 heavy (non-hydrogen) atoms. The molecule has 0 aromatic heterocycles. The maximum absolute atomic E-state index is 10.5. The van der Waals surface area contributed by atoms with Crippen LogP contribution in [0, 0.1) is 0 Å². The van der Waals surface area contributed by atoms with Crippen molar-refractivity contribution in [1.82, 2.24) is 0 Å². The normalized spacial score (nSPS) is 11.0. The van der Waals surface area contributed by atoms with Gasteiger partial charge in [-0.1, -0.05) is 0 Å². The average Bonchev–Trinajstić information content (AvgIpc) is 2.52. The van der Waals surface area contributed by atoms with Gasteiger partial charge in [-0.3, -0.25) is 0 Å². The number of hydrogen-bond acceptors (Lipinski definition) is 10. The second-order valence-corrected chi connectivity index (χ2v) is 3.93. The molecule has 0 aliphatic heterocycles. The average molecular weight is 658 g/mol. The van der Waals surface area contributed by atoms with Crippen molar-refractivity contribution >= 4 is 29.8 Å². The van der Waals surface area contributed by atoms with Crippen LogP contribution in [0.15, 0.2) is 0 Å². The Morgan fingerprint density at radius 3 is 0.333 bits per heavy atom.